The Morgan fingerprint density at radius 1 is 1.32 bits per heavy atom. The number of aliphatic hydroxyl groups is 1. The Morgan fingerprint density at radius 2 is 1.96 bits per heavy atom. The fourth-order valence-corrected chi connectivity index (χ4v) is 7.33. The lowest BCUT2D eigenvalue weighted by Gasteiger charge is -2.31. The normalized spacial score (nSPS) is 28.6. The fourth-order valence-electron chi connectivity index (χ4n) is 3.49. The van der Waals surface area contributed by atoms with Gasteiger partial charge in [0.1, 0.15) is 24.6 Å². The van der Waals surface area contributed by atoms with Gasteiger partial charge in [0.05, 0.1) is 5.60 Å². The third kappa shape index (κ3) is 2.58. The van der Waals surface area contributed by atoms with E-state index in [-0.39, 0.29) is 18.1 Å². The van der Waals surface area contributed by atoms with E-state index in [4.69, 9.17) is 5.26 Å². The van der Waals surface area contributed by atoms with Crippen molar-refractivity contribution in [3.63, 3.8) is 0 Å². The Bertz CT molecular complexity index is 1030. The van der Waals surface area contributed by atoms with Crippen LogP contribution in [0.1, 0.15) is 24.7 Å². The van der Waals surface area contributed by atoms with Crippen LogP contribution in [0.2, 0.25) is 0 Å². The van der Waals surface area contributed by atoms with E-state index >= 15 is 0 Å². The zero-order valence-corrected chi connectivity index (χ0v) is 14.8. The summed E-state index contributed by atoms with van der Waals surface area (Å²) in [6.45, 7) is 1.53. The molecule has 2 aromatic rings. The minimum absolute atomic E-state index is 0.232. The molecule has 8 heteroatoms. The van der Waals surface area contributed by atoms with Crippen molar-refractivity contribution in [1.82, 2.24) is 9.13 Å². The number of hydrogen-bond acceptors (Lipinski definition) is 5. The van der Waals surface area contributed by atoms with Crippen LogP contribution in [-0.2, 0) is 11.6 Å². The Labute approximate surface area is 144 Å². The van der Waals surface area contributed by atoms with E-state index in [1.54, 1.807) is 36.4 Å². The summed E-state index contributed by atoms with van der Waals surface area (Å²) in [4.78, 5) is 24.6. The van der Waals surface area contributed by atoms with Crippen LogP contribution in [0.4, 0.5) is 0 Å². The Balaban J connectivity index is 2.32. The molecule has 0 bridgehead atoms. The molecule has 0 amide bonds. The molecule has 1 aliphatic rings. The van der Waals surface area contributed by atoms with E-state index in [0.717, 1.165) is 15.3 Å². The van der Waals surface area contributed by atoms with Gasteiger partial charge in [-0.15, -0.1) is 0 Å². The summed E-state index contributed by atoms with van der Waals surface area (Å²) in [6, 6.07) is 10.5. The molecule has 1 aromatic heterocycles. The molecule has 3 rings (SSSR count). The highest BCUT2D eigenvalue weighted by molar-refractivity contribution is 7.72. The number of nitriles is 1. The van der Waals surface area contributed by atoms with Crippen molar-refractivity contribution in [3.05, 3.63) is 62.9 Å². The topological polar surface area (TPSA) is 105 Å². The molecule has 130 valence electrons. The van der Waals surface area contributed by atoms with Crippen LogP contribution in [0.25, 0.3) is 0 Å². The van der Waals surface area contributed by atoms with Crippen molar-refractivity contribution >= 4 is 12.4 Å². The number of hydrogen-bond donors (Lipinski definition) is 1. The van der Waals surface area contributed by atoms with Gasteiger partial charge in [0.15, 0.2) is 0 Å². The Kier molecular flexibility index (Phi) is 4.06. The predicted molar refractivity (Wildman–Crippen MR) is 93.5 cm³/mol. The van der Waals surface area contributed by atoms with Crippen LogP contribution in [0.15, 0.2) is 46.1 Å². The summed E-state index contributed by atoms with van der Waals surface area (Å²) in [6.07, 6.45) is 1.61. The van der Waals surface area contributed by atoms with E-state index in [0.29, 0.717) is 5.30 Å². The molecule has 1 N–H and O–H groups in total. The maximum atomic E-state index is 13.8. The van der Waals surface area contributed by atoms with Gasteiger partial charge in [-0.05, 0) is 13.3 Å². The van der Waals surface area contributed by atoms with Crippen molar-refractivity contribution in [3.8, 4) is 6.07 Å². The molecule has 2 heterocycles. The fraction of sp³-hybridized carbons (Fsp3) is 0.353. The molecule has 7 nitrogen and oxygen atoms in total. The van der Waals surface area contributed by atoms with Crippen LogP contribution >= 0.6 is 7.14 Å². The van der Waals surface area contributed by atoms with E-state index < -0.39 is 29.8 Å². The predicted octanol–water partition coefficient (Wildman–Crippen LogP) is 0.761. The molecule has 0 spiro atoms. The molecule has 0 unspecified atom stereocenters. The second-order valence-corrected chi connectivity index (χ2v) is 9.59. The lowest BCUT2D eigenvalue weighted by Crippen LogP contribution is -2.45. The van der Waals surface area contributed by atoms with Gasteiger partial charge in [-0.25, -0.2) is 4.79 Å². The van der Waals surface area contributed by atoms with Gasteiger partial charge in [0.2, 0.25) is 0 Å². The maximum Gasteiger partial charge on any atom is 0.331 e. The van der Waals surface area contributed by atoms with Gasteiger partial charge in [-0.3, -0.25) is 13.9 Å². The average Bonchev–Trinajstić information content (AvgIpc) is 2.85. The van der Waals surface area contributed by atoms with Crippen molar-refractivity contribution in [2.45, 2.75) is 24.7 Å². The summed E-state index contributed by atoms with van der Waals surface area (Å²) in [5.41, 5.74) is -3.05. The molecule has 25 heavy (non-hydrogen) atoms. The monoisotopic (exact) mass is 359 g/mol. The summed E-state index contributed by atoms with van der Waals surface area (Å²) >= 11 is 0. The highest BCUT2D eigenvalue weighted by Gasteiger charge is 2.54. The van der Waals surface area contributed by atoms with Crippen LogP contribution in [-0.4, -0.2) is 26.0 Å². The second-order valence-electron chi connectivity index (χ2n) is 6.54. The highest BCUT2D eigenvalue weighted by Crippen LogP contribution is 2.66. The van der Waals surface area contributed by atoms with Crippen LogP contribution < -0.4 is 16.6 Å². The lowest BCUT2D eigenvalue weighted by molar-refractivity contribution is 0.0395. The van der Waals surface area contributed by atoms with Gasteiger partial charge in [0, 0.05) is 24.7 Å². The summed E-state index contributed by atoms with van der Waals surface area (Å²) in [7, 11) is -1.92. The smallest absolute Gasteiger partial charge is 0.331 e. The van der Waals surface area contributed by atoms with Gasteiger partial charge < -0.3 is 9.67 Å². The Morgan fingerprint density at radius 3 is 2.56 bits per heavy atom. The summed E-state index contributed by atoms with van der Waals surface area (Å²) in [5, 5.41) is 20.6. The van der Waals surface area contributed by atoms with Crippen LogP contribution in [0.5, 0.6) is 0 Å². The van der Waals surface area contributed by atoms with Gasteiger partial charge in [-0.2, -0.15) is 5.26 Å². The molecule has 0 saturated carbocycles. The molecule has 1 aliphatic heterocycles. The number of nitrogens with zero attached hydrogens (tertiary/aromatic N) is 3. The largest absolute Gasteiger partial charge is 0.387 e. The first kappa shape index (κ1) is 17.4. The van der Waals surface area contributed by atoms with Crippen molar-refractivity contribution in [2.24, 2.45) is 7.05 Å². The van der Waals surface area contributed by atoms with E-state index in [2.05, 4.69) is 0 Å². The number of benzene rings is 1. The number of rotatable bonds is 2. The number of aromatic nitrogens is 2. The van der Waals surface area contributed by atoms with Gasteiger partial charge in [-0.1, -0.05) is 30.3 Å². The minimum Gasteiger partial charge on any atom is -0.387 e. The maximum absolute atomic E-state index is 13.8. The quantitative estimate of drug-likeness (QED) is 0.797. The van der Waals surface area contributed by atoms with Crippen LogP contribution in [0, 0.1) is 11.3 Å². The first-order chi connectivity index (χ1) is 11.7. The summed E-state index contributed by atoms with van der Waals surface area (Å²) < 4.78 is 15.7. The zero-order valence-electron chi connectivity index (χ0n) is 13.9. The first-order valence-corrected chi connectivity index (χ1v) is 9.77. The van der Waals surface area contributed by atoms with Gasteiger partial charge >= 0.3 is 5.69 Å². The standard InChI is InChI=1S/C17H18N3O4P/c1-17(23)8-9-25(24,13-6-4-3-5-7-13)15(17)20-11-12(10-18)14(21)19(2)16(20)22/h3-7,11,15,23H,8-9H2,1-2H3/t15-,17-,25-/m1/s1. The Hall–Kier alpha value is -2.42. The second kappa shape index (κ2) is 5.83. The van der Waals surface area contributed by atoms with Gasteiger partial charge in [0.25, 0.3) is 5.56 Å². The van der Waals surface area contributed by atoms with Crippen molar-refractivity contribution in [2.75, 3.05) is 6.16 Å². The molecule has 0 aliphatic carbocycles. The molecule has 0 radical (unpaired) electrons. The highest BCUT2D eigenvalue weighted by atomic mass is 31.2. The molecular formula is C17H18N3O4P. The summed E-state index contributed by atoms with van der Waals surface area (Å²) in [5.74, 6) is -1.03. The minimum atomic E-state index is -3.18. The zero-order chi connectivity index (χ0) is 18.4. The lowest BCUT2D eigenvalue weighted by atomic mass is 10.0. The molecule has 1 saturated heterocycles. The van der Waals surface area contributed by atoms with E-state index in [9.17, 15) is 19.3 Å². The third-order valence-corrected chi connectivity index (χ3v) is 8.45. The van der Waals surface area contributed by atoms with E-state index in [1.807, 2.05) is 0 Å². The molecule has 1 aromatic carbocycles. The molecule has 3 atom stereocenters. The van der Waals surface area contributed by atoms with E-state index in [1.165, 1.54) is 14.0 Å². The van der Waals surface area contributed by atoms with Crippen LogP contribution in [0.3, 0.4) is 0 Å². The SMILES string of the molecule is Cn1c(=O)c(C#N)cn([C@H]2[C@](C)(O)CC[P@@]2(=O)c2ccccc2)c1=O. The first-order valence-electron chi connectivity index (χ1n) is 7.81. The molecular weight excluding hydrogens is 341 g/mol. The van der Waals surface area contributed by atoms with Crippen molar-refractivity contribution in [1.29, 1.82) is 5.26 Å². The average molecular weight is 359 g/mol. The van der Waals surface area contributed by atoms with Crippen molar-refractivity contribution < 1.29 is 9.67 Å². The molecule has 1 fully saturated rings. The third-order valence-electron chi connectivity index (χ3n) is 4.79.